The number of carboxylic acids is 1. The highest BCUT2D eigenvalue weighted by molar-refractivity contribution is 5.85. The van der Waals surface area contributed by atoms with Crippen LogP contribution in [0.2, 0.25) is 0 Å². The van der Waals surface area contributed by atoms with E-state index >= 15 is 0 Å². The lowest BCUT2D eigenvalue weighted by Crippen LogP contribution is -2.24. The molecule has 0 amide bonds. The molecule has 2 rings (SSSR count). The quantitative estimate of drug-likeness (QED) is 0.884. The summed E-state index contributed by atoms with van der Waals surface area (Å²) in [6, 6.07) is 7.98. The normalized spacial score (nSPS) is 12.4. The Balaban J connectivity index is 2.24. The van der Waals surface area contributed by atoms with E-state index in [0.29, 0.717) is 5.89 Å². The van der Waals surface area contributed by atoms with Crippen LogP contribution in [0, 0.1) is 5.41 Å². The maximum atomic E-state index is 10.8. The number of carbonyl (C=O) groups is 1. The van der Waals surface area contributed by atoms with Gasteiger partial charge in [0.25, 0.3) is 0 Å². The second kappa shape index (κ2) is 5.59. The summed E-state index contributed by atoms with van der Waals surface area (Å²) in [7, 11) is 0. The second-order valence-corrected chi connectivity index (χ2v) is 7.54. The Bertz CT molecular complexity index is 660. The highest BCUT2D eigenvalue weighted by atomic mass is 16.4. The van der Waals surface area contributed by atoms with Crippen molar-refractivity contribution in [2.24, 2.45) is 5.41 Å². The third kappa shape index (κ3) is 3.75. The number of hydrogen-bond donors (Lipinski definition) is 1. The molecule has 0 unspecified atom stereocenters. The van der Waals surface area contributed by atoms with Crippen molar-refractivity contribution >= 4 is 5.97 Å². The average molecular weight is 301 g/mol. The molecular formula is C18H23NO3. The van der Waals surface area contributed by atoms with Gasteiger partial charge in [0.15, 0.2) is 5.69 Å². The van der Waals surface area contributed by atoms with Crippen LogP contribution in [0.25, 0.3) is 11.5 Å². The van der Waals surface area contributed by atoms with Crippen LogP contribution >= 0.6 is 0 Å². The van der Waals surface area contributed by atoms with Gasteiger partial charge in [-0.15, -0.1) is 0 Å². The minimum absolute atomic E-state index is 0.0690. The lowest BCUT2D eigenvalue weighted by atomic mass is 9.72. The fourth-order valence-electron chi connectivity index (χ4n) is 3.00. The van der Waals surface area contributed by atoms with Crippen LogP contribution in [-0.2, 0) is 5.41 Å². The lowest BCUT2D eigenvalue weighted by Gasteiger charge is -2.33. The number of benzene rings is 1. The average Bonchev–Trinajstić information content (AvgIpc) is 2.85. The largest absolute Gasteiger partial charge is 0.476 e. The van der Waals surface area contributed by atoms with E-state index in [2.05, 4.69) is 51.7 Å². The number of carboxylic acid groups (broad SMARTS) is 1. The molecule has 0 bridgehead atoms. The molecule has 0 saturated carbocycles. The van der Waals surface area contributed by atoms with Crippen LogP contribution < -0.4 is 0 Å². The molecule has 1 heterocycles. The van der Waals surface area contributed by atoms with Crippen molar-refractivity contribution in [3.8, 4) is 11.5 Å². The Hall–Kier alpha value is -2.10. The van der Waals surface area contributed by atoms with Crippen molar-refractivity contribution in [2.45, 2.75) is 46.5 Å². The van der Waals surface area contributed by atoms with Crippen molar-refractivity contribution in [2.75, 3.05) is 0 Å². The zero-order valence-corrected chi connectivity index (χ0v) is 13.8. The first-order valence-electron chi connectivity index (χ1n) is 7.38. The van der Waals surface area contributed by atoms with E-state index in [1.165, 1.54) is 5.56 Å². The Morgan fingerprint density at radius 2 is 1.73 bits per heavy atom. The van der Waals surface area contributed by atoms with E-state index in [-0.39, 0.29) is 16.5 Å². The summed E-state index contributed by atoms with van der Waals surface area (Å²) in [5, 5.41) is 8.88. The van der Waals surface area contributed by atoms with Gasteiger partial charge in [0.1, 0.15) is 6.26 Å². The summed E-state index contributed by atoms with van der Waals surface area (Å²) in [5.74, 6) is -0.754. The van der Waals surface area contributed by atoms with Gasteiger partial charge in [-0.05, 0) is 34.9 Å². The van der Waals surface area contributed by atoms with E-state index < -0.39 is 5.97 Å². The lowest BCUT2D eigenvalue weighted by molar-refractivity contribution is 0.0690. The van der Waals surface area contributed by atoms with Gasteiger partial charge in [-0.25, -0.2) is 9.78 Å². The van der Waals surface area contributed by atoms with Crippen LogP contribution in [0.4, 0.5) is 0 Å². The van der Waals surface area contributed by atoms with Gasteiger partial charge < -0.3 is 9.52 Å². The Labute approximate surface area is 131 Å². The smallest absolute Gasteiger partial charge is 0.357 e. The second-order valence-electron chi connectivity index (χ2n) is 7.54. The summed E-state index contributed by atoms with van der Waals surface area (Å²) >= 11 is 0. The van der Waals surface area contributed by atoms with Crippen molar-refractivity contribution in [1.82, 2.24) is 4.98 Å². The summed E-state index contributed by atoms with van der Waals surface area (Å²) in [4.78, 5) is 14.8. The molecule has 0 aliphatic rings. The SMILES string of the molecule is CC(C)(C)CC(C)(C)c1ccc(-c2nc(C(=O)O)co2)cc1. The molecule has 1 aromatic heterocycles. The van der Waals surface area contributed by atoms with Crippen LogP contribution in [0.15, 0.2) is 34.9 Å². The highest BCUT2D eigenvalue weighted by Gasteiger charge is 2.27. The molecule has 0 spiro atoms. The molecule has 0 aliphatic heterocycles. The third-order valence-electron chi connectivity index (χ3n) is 3.61. The molecule has 0 fully saturated rings. The van der Waals surface area contributed by atoms with E-state index in [1.807, 2.05) is 12.1 Å². The van der Waals surface area contributed by atoms with Crippen LogP contribution in [-0.4, -0.2) is 16.1 Å². The van der Waals surface area contributed by atoms with Crippen LogP contribution in [0.1, 0.15) is 57.1 Å². The van der Waals surface area contributed by atoms with E-state index in [1.54, 1.807) is 0 Å². The predicted octanol–water partition coefficient (Wildman–Crippen LogP) is 4.75. The van der Waals surface area contributed by atoms with Gasteiger partial charge in [0.05, 0.1) is 0 Å². The Kier molecular flexibility index (Phi) is 4.14. The summed E-state index contributed by atoms with van der Waals surface area (Å²) in [6.45, 7) is 11.2. The molecule has 4 heteroatoms. The molecule has 118 valence electrons. The first kappa shape index (κ1) is 16.3. The molecule has 0 saturated heterocycles. The number of aromatic carboxylic acids is 1. The topological polar surface area (TPSA) is 63.3 Å². The molecule has 0 atom stereocenters. The first-order valence-corrected chi connectivity index (χ1v) is 7.38. The van der Waals surface area contributed by atoms with Crippen LogP contribution in [0.3, 0.4) is 0 Å². The fraction of sp³-hybridized carbons (Fsp3) is 0.444. The van der Waals surface area contributed by atoms with Crippen molar-refractivity contribution in [3.05, 3.63) is 41.8 Å². The standard InChI is InChI=1S/C18H23NO3/c1-17(2,3)11-18(4,5)13-8-6-12(7-9-13)15-19-14(10-22-15)16(20)21/h6-10H,11H2,1-5H3,(H,20,21). The molecule has 1 aromatic carbocycles. The zero-order chi connectivity index (χ0) is 16.5. The zero-order valence-electron chi connectivity index (χ0n) is 13.8. The van der Waals surface area contributed by atoms with Gasteiger partial charge in [-0.1, -0.05) is 46.8 Å². The minimum atomic E-state index is -1.09. The van der Waals surface area contributed by atoms with Crippen molar-refractivity contribution < 1.29 is 14.3 Å². The number of oxazole rings is 1. The summed E-state index contributed by atoms with van der Waals surface area (Å²) in [6.07, 6.45) is 2.23. The highest BCUT2D eigenvalue weighted by Crippen LogP contribution is 2.36. The molecule has 4 nitrogen and oxygen atoms in total. The van der Waals surface area contributed by atoms with Crippen molar-refractivity contribution in [3.63, 3.8) is 0 Å². The van der Waals surface area contributed by atoms with Gasteiger partial charge in [-0.3, -0.25) is 0 Å². The van der Waals surface area contributed by atoms with Gasteiger partial charge in [-0.2, -0.15) is 0 Å². The summed E-state index contributed by atoms with van der Waals surface area (Å²) in [5.41, 5.74) is 2.27. The Morgan fingerprint density at radius 3 is 2.18 bits per heavy atom. The predicted molar refractivity (Wildman–Crippen MR) is 86.0 cm³/mol. The maximum absolute atomic E-state index is 10.8. The van der Waals surface area contributed by atoms with E-state index in [4.69, 9.17) is 9.52 Å². The van der Waals surface area contributed by atoms with Gasteiger partial charge in [0.2, 0.25) is 5.89 Å². The van der Waals surface area contributed by atoms with E-state index in [0.717, 1.165) is 18.2 Å². The van der Waals surface area contributed by atoms with Crippen LogP contribution in [0.5, 0.6) is 0 Å². The molecule has 1 N–H and O–H groups in total. The number of nitrogens with zero attached hydrogens (tertiary/aromatic N) is 1. The van der Waals surface area contributed by atoms with Gasteiger partial charge in [0, 0.05) is 5.56 Å². The first-order chi connectivity index (χ1) is 10.1. The number of rotatable bonds is 4. The summed E-state index contributed by atoms with van der Waals surface area (Å²) < 4.78 is 5.23. The molecular weight excluding hydrogens is 278 g/mol. The Morgan fingerprint density at radius 1 is 1.14 bits per heavy atom. The molecule has 22 heavy (non-hydrogen) atoms. The van der Waals surface area contributed by atoms with Crippen molar-refractivity contribution in [1.29, 1.82) is 0 Å². The third-order valence-corrected chi connectivity index (χ3v) is 3.61. The number of aromatic nitrogens is 1. The maximum Gasteiger partial charge on any atom is 0.357 e. The monoisotopic (exact) mass is 301 g/mol. The van der Waals surface area contributed by atoms with Gasteiger partial charge >= 0.3 is 5.97 Å². The molecule has 0 aliphatic carbocycles. The molecule has 2 aromatic rings. The number of hydrogen-bond acceptors (Lipinski definition) is 3. The minimum Gasteiger partial charge on any atom is -0.476 e. The van der Waals surface area contributed by atoms with E-state index in [9.17, 15) is 4.79 Å². The fourth-order valence-corrected chi connectivity index (χ4v) is 3.00. The molecule has 0 radical (unpaired) electrons.